The summed E-state index contributed by atoms with van der Waals surface area (Å²) in [6.07, 6.45) is -0.954. The molecule has 0 spiro atoms. The van der Waals surface area contributed by atoms with Crippen molar-refractivity contribution >= 4 is 0 Å². The van der Waals surface area contributed by atoms with Crippen molar-refractivity contribution in [1.29, 1.82) is 0 Å². The van der Waals surface area contributed by atoms with Gasteiger partial charge >= 0.3 is 0 Å². The zero-order valence-corrected chi connectivity index (χ0v) is 3.33. The summed E-state index contributed by atoms with van der Waals surface area (Å²) in [6.45, 7) is -0.729. The van der Waals surface area contributed by atoms with Gasteiger partial charge in [0.05, 0.1) is 13.2 Å². The number of hydrogen-bond donors (Lipinski definition) is 3. The lowest BCUT2D eigenvalue weighted by Crippen LogP contribution is -2.15. The van der Waals surface area contributed by atoms with Gasteiger partial charge in [0.25, 0.3) is 0 Å². The fourth-order valence-corrected chi connectivity index (χ4v) is 0.0577. The van der Waals surface area contributed by atoms with E-state index in [0.29, 0.717) is 0 Å². The maximum atomic E-state index is 8.17. The van der Waals surface area contributed by atoms with Crippen LogP contribution in [-0.4, -0.2) is 34.6 Å². The fourth-order valence-electron chi connectivity index (χ4n) is 0.0577. The molecule has 0 aromatic rings. The Morgan fingerprint density at radius 1 is 1.17 bits per heavy atom. The lowest BCUT2D eigenvalue weighted by atomic mass is 11.1. The van der Waals surface area contributed by atoms with E-state index in [1.54, 1.807) is 0 Å². The highest BCUT2D eigenvalue weighted by molar-refractivity contribution is 4.43. The summed E-state index contributed by atoms with van der Waals surface area (Å²) in [4.78, 5) is 0. The van der Waals surface area contributed by atoms with Crippen molar-refractivity contribution in [2.75, 3.05) is 13.2 Å². The first-order valence-corrected chi connectivity index (χ1v) is 1.71. The number of aliphatic hydroxyl groups excluding tert-OH is 3. The molecule has 0 unspecified atom stereocenters. The lowest BCUT2D eigenvalue weighted by molar-refractivity contribution is 0.0450. The summed E-state index contributed by atoms with van der Waals surface area (Å²) in [5.41, 5.74) is 0. The van der Waals surface area contributed by atoms with Crippen LogP contribution in [0.4, 0.5) is 0 Å². The summed E-state index contributed by atoms with van der Waals surface area (Å²) in [6, 6.07) is 0. The summed E-state index contributed by atoms with van der Waals surface area (Å²) >= 11 is 0. The van der Waals surface area contributed by atoms with Crippen molar-refractivity contribution < 1.29 is 15.3 Å². The smallest absolute Gasteiger partial charge is 0.100 e. The van der Waals surface area contributed by atoms with E-state index in [0.717, 1.165) is 0 Å². The van der Waals surface area contributed by atoms with Gasteiger partial charge in [-0.1, -0.05) is 0 Å². The van der Waals surface area contributed by atoms with Gasteiger partial charge in [-0.05, 0) is 0 Å². The number of rotatable bonds is 2. The highest BCUT2D eigenvalue weighted by Gasteiger charge is 1.93. The van der Waals surface area contributed by atoms with Gasteiger partial charge in [-0.15, -0.1) is 0 Å². The van der Waals surface area contributed by atoms with Crippen molar-refractivity contribution in [1.82, 2.24) is 0 Å². The highest BCUT2D eigenvalue weighted by Crippen LogP contribution is 1.71. The van der Waals surface area contributed by atoms with Gasteiger partial charge in [0.1, 0.15) is 6.10 Å². The molecule has 0 aromatic heterocycles. The van der Waals surface area contributed by atoms with Crippen molar-refractivity contribution in [2.45, 2.75) is 6.10 Å². The third-order valence-electron chi connectivity index (χ3n) is 0.421. The van der Waals surface area contributed by atoms with Crippen LogP contribution in [0.25, 0.3) is 0 Å². The van der Waals surface area contributed by atoms with Gasteiger partial charge in [0.2, 0.25) is 0 Å². The molecule has 0 aliphatic rings. The summed E-state index contributed by atoms with van der Waals surface area (Å²) < 4.78 is 0. The van der Waals surface area contributed by atoms with E-state index in [4.69, 9.17) is 15.3 Å². The molecule has 0 bridgehead atoms. The van der Waals surface area contributed by atoms with Crippen LogP contribution in [0, 0.1) is 0 Å². The standard InChI is InChI=1S/C3H8O3/c4-1-3(6)2-5/h3-6H,1-2H2/i3+2. The molecule has 0 aliphatic carbocycles. The van der Waals surface area contributed by atoms with Gasteiger partial charge in [-0.2, -0.15) is 0 Å². The van der Waals surface area contributed by atoms with E-state index in [2.05, 4.69) is 0 Å². The molecule has 0 radical (unpaired) electrons. The second-order valence-electron chi connectivity index (χ2n) is 1.02. The Morgan fingerprint density at radius 2 is 1.50 bits per heavy atom. The minimum absolute atomic E-state index is 0.365. The quantitative estimate of drug-likeness (QED) is 0.383. The molecule has 0 aliphatic heterocycles. The SMILES string of the molecule is OC[14CH](O)CO. The Kier molecular flexibility index (Phi) is 3.02. The van der Waals surface area contributed by atoms with E-state index in [-0.39, 0.29) is 13.2 Å². The molecule has 3 heteroatoms. The van der Waals surface area contributed by atoms with E-state index >= 15 is 0 Å². The van der Waals surface area contributed by atoms with Crippen molar-refractivity contribution in [3.8, 4) is 0 Å². The maximum Gasteiger partial charge on any atom is 0.100 e. The molecule has 0 saturated heterocycles. The Hall–Kier alpha value is -0.120. The van der Waals surface area contributed by atoms with E-state index in [1.165, 1.54) is 0 Å². The van der Waals surface area contributed by atoms with Crippen LogP contribution in [0.15, 0.2) is 0 Å². The van der Waals surface area contributed by atoms with Gasteiger partial charge in [-0.3, -0.25) is 0 Å². The maximum absolute atomic E-state index is 8.17. The molecular formula is C3H8O3. The monoisotopic (exact) mass is 94.1 g/mol. The van der Waals surface area contributed by atoms with Gasteiger partial charge in [0, 0.05) is 0 Å². The van der Waals surface area contributed by atoms with Crippen LogP contribution in [0.1, 0.15) is 0 Å². The fraction of sp³-hybridized carbons (Fsp3) is 1.00. The topological polar surface area (TPSA) is 60.7 Å². The highest BCUT2D eigenvalue weighted by atomic mass is 16.6. The molecule has 0 rings (SSSR count). The average Bonchev–Trinajstić information content (AvgIpc) is 1.65. The van der Waals surface area contributed by atoms with Gasteiger partial charge in [-0.25, -0.2) is 0 Å². The van der Waals surface area contributed by atoms with Crippen LogP contribution in [0.5, 0.6) is 0 Å². The first-order valence-electron chi connectivity index (χ1n) is 1.71. The zero-order valence-electron chi connectivity index (χ0n) is 3.33. The third kappa shape index (κ3) is 2.14. The molecule has 0 heterocycles. The Morgan fingerprint density at radius 3 is 1.50 bits per heavy atom. The largest absolute Gasteiger partial charge is 0.394 e. The van der Waals surface area contributed by atoms with Gasteiger partial charge in [0.15, 0.2) is 0 Å². The van der Waals surface area contributed by atoms with E-state index < -0.39 is 6.10 Å². The summed E-state index contributed by atoms with van der Waals surface area (Å²) in [5, 5.41) is 24.0. The minimum atomic E-state index is -0.954. The lowest BCUT2D eigenvalue weighted by Gasteiger charge is -1.96. The molecular weight excluding hydrogens is 86.0 g/mol. The number of hydrogen-bond acceptors (Lipinski definition) is 3. The van der Waals surface area contributed by atoms with Crippen LogP contribution < -0.4 is 0 Å². The molecule has 38 valence electrons. The zero-order chi connectivity index (χ0) is 4.99. The molecule has 3 nitrogen and oxygen atoms in total. The molecule has 0 saturated carbocycles. The predicted octanol–water partition coefficient (Wildman–Crippen LogP) is -1.67. The second kappa shape index (κ2) is 3.08. The Bertz CT molecular complexity index is 25.2. The average molecular weight is 94.1 g/mol. The van der Waals surface area contributed by atoms with Crippen LogP contribution in [0.3, 0.4) is 0 Å². The number of aliphatic hydroxyl groups is 3. The molecule has 0 amide bonds. The molecule has 3 N–H and O–H groups in total. The Labute approximate surface area is 35.9 Å². The van der Waals surface area contributed by atoms with Gasteiger partial charge < -0.3 is 15.3 Å². The van der Waals surface area contributed by atoms with Crippen molar-refractivity contribution in [2.24, 2.45) is 0 Å². The van der Waals surface area contributed by atoms with Crippen molar-refractivity contribution in [3.05, 3.63) is 0 Å². The van der Waals surface area contributed by atoms with Crippen LogP contribution in [0.2, 0.25) is 0 Å². The van der Waals surface area contributed by atoms with E-state index in [9.17, 15) is 0 Å². The third-order valence-corrected chi connectivity index (χ3v) is 0.421. The van der Waals surface area contributed by atoms with Crippen LogP contribution >= 0.6 is 0 Å². The molecule has 0 aromatic carbocycles. The Balaban J connectivity index is 2.75. The molecule has 6 heavy (non-hydrogen) atoms. The summed E-state index contributed by atoms with van der Waals surface area (Å²) in [5.74, 6) is 0. The second-order valence-corrected chi connectivity index (χ2v) is 1.02. The normalized spacial score (nSPS) is 10.0. The van der Waals surface area contributed by atoms with Crippen molar-refractivity contribution in [3.63, 3.8) is 0 Å². The van der Waals surface area contributed by atoms with E-state index in [1.807, 2.05) is 0 Å². The van der Waals surface area contributed by atoms with Crippen LogP contribution in [-0.2, 0) is 0 Å². The molecule has 0 atom stereocenters. The predicted molar refractivity (Wildman–Crippen MR) is 20.2 cm³/mol. The minimum Gasteiger partial charge on any atom is -0.394 e. The summed E-state index contributed by atoms with van der Waals surface area (Å²) in [7, 11) is 0. The first kappa shape index (κ1) is 5.88. The first-order chi connectivity index (χ1) is 2.81. The molecule has 0 fully saturated rings.